The van der Waals surface area contributed by atoms with E-state index in [1.807, 2.05) is 0 Å². The SMILES string of the molecule is COCCNC(=S)N1CCC(NC(=O)c2cccc(F)c2)CC1. The highest BCUT2D eigenvalue weighted by Gasteiger charge is 2.22. The van der Waals surface area contributed by atoms with E-state index in [-0.39, 0.29) is 11.9 Å². The lowest BCUT2D eigenvalue weighted by molar-refractivity contribution is 0.0921. The Balaban J connectivity index is 1.76. The molecule has 1 aromatic rings. The van der Waals surface area contributed by atoms with Crippen molar-refractivity contribution in [3.63, 3.8) is 0 Å². The summed E-state index contributed by atoms with van der Waals surface area (Å²) in [5.41, 5.74) is 0.351. The highest BCUT2D eigenvalue weighted by molar-refractivity contribution is 7.80. The number of amides is 1. The summed E-state index contributed by atoms with van der Waals surface area (Å²) < 4.78 is 18.1. The van der Waals surface area contributed by atoms with Crippen LogP contribution in [0.5, 0.6) is 0 Å². The second-order valence-electron chi connectivity index (χ2n) is 5.47. The van der Waals surface area contributed by atoms with Gasteiger partial charge >= 0.3 is 0 Å². The van der Waals surface area contributed by atoms with Gasteiger partial charge in [-0.2, -0.15) is 0 Å². The molecule has 2 N–H and O–H groups in total. The summed E-state index contributed by atoms with van der Waals surface area (Å²) in [6.45, 7) is 2.87. The normalized spacial score (nSPS) is 15.3. The number of hydrogen-bond donors (Lipinski definition) is 2. The van der Waals surface area contributed by atoms with E-state index >= 15 is 0 Å². The van der Waals surface area contributed by atoms with Crippen LogP contribution < -0.4 is 10.6 Å². The summed E-state index contributed by atoms with van der Waals surface area (Å²) >= 11 is 5.33. The lowest BCUT2D eigenvalue weighted by atomic mass is 10.0. The molecule has 0 aromatic heterocycles. The maximum absolute atomic E-state index is 13.2. The highest BCUT2D eigenvalue weighted by Crippen LogP contribution is 2.12. The average molecular weight is 339 g/mol. The minimum absolute atomic E-state index is 0.0868. The number of piperidine rings is 1. The van der Waals surface area contributed by atoms with Crippen molar-refractivity contribution in [2.75, 3.05) is 33.4 Å². The molecule has 0 bridgehead atoms. The number of rotatable bonds is 5. The largest absolute Gasteiger partial charge is 0.383 e. The molecule has 1 aliphatic heterocycles. The van der Waals surface area contributed by atoms with Crippen LogP contribution in [0.4, 0.5) is 4.39 Å². The number of nitrogens with one attached hydrogen (secondary N) is 2. The Labute approximate surface area is 141 Å². The maximum Gasteiger partial charge on any atom is 0.251 e. The van der Waals surface area contributed by atoms with E-state index in [0.717, 1.165) is 31.0 Å². The summed E-state index contributed by atoms with van der Waals surface area (Å²) in [5, 5.41) is 6.82. The van der Waals surface area contributed by atoms with Gasteiger partial charge in [-0.3, -0.25) is 4.79 Å². The van der Waals surface area contributed by atoms with Gasteiger partial charge < -0.3 is 20.3 Å². The van der Waals surface area contributed by atoms with E-state index in [9.17, 15) is 9.18 Å². The van der Waals surface area contributed by atoms with Gasteiger partial charge in [-0.1, -0.05) is 6.07 Å². The van der Waals surface area contributed by atoms with Crippen LogP contribution in [0.2, 0.25) is 0 Å². The fourth-order valence-electron chi connectivity index (χ4n) is 2.50. The summed E-state index contributed by atoms with van der Waals surface area (Å²) in [7, 11) is 1.65. The molecule has 1 fully saturated rings. The molecule has 0 saturated carbocycles. The zero-order chi connectivity index (χ0) is 16.7. The Bertz CT molecular complexity index is 548. The standard InChI is InChI=1S/C16H22FN3O2S/c1-22-10-7-18-16(23)20-8-5-14(6-9-20)19-15(21)12-3-2-4-13(17)11-12/h2-4,11,14H,5-10H2,1H3,(H,18,23)(H,19,21). The molecule has 0 atom stereocenters. The third-order valence-corrected chi connectivity index (χ3v) is 4.19. The highest BCUT2D eigenvalue weighted by atomic mass is 32.1. The van der Waals surface area contributed by atoms with Crippen molar-refractivity contribution in [3.8, 4) is 0 Å². The molecule has 1 heterocycles. The zero-order valence-electron chi connectivity index (χ0n) is 13.2. The van der Waals surface area contributed by atoms with Gasteiger partial charge in [-0.05, 0) is 43.3 Å². The Kier molecular flexibility index (Phi) is 6.73. The summed E-state index contributed by atoms with van der Waals surface area (Å²) in [6.07, 6.45) is 1.63. The van der Waals surface area contributed by atoms with Gasteiger partial charge in [-0.25, -0.2) is 4.39 Å². The molecule has 0 radical (unpaired) electrons. The molecule has 0 aliphatic carbocycles. The molecule has 0 unspecified atom stereocenters. The van der Waals surface area contributed by atoms with E-state index in [0.29, 0.717) is 18.7 Å². The van der Waals surface area contributed by atoms with Crippen LogP contribution in [0.3, 0.4) is 0 Å². The van der Waals surface area contributed by atoms with Crippen LogP contribution in [0.15, 0.2) is 24.3 Å². The Morgan fingerprint density at radius 1 is 1.43 bits per heavy atom. The summed E-state index contributed by atoms with van der Waals surface area (Å²) in [4.78, 5) is 14.2. The van der Waals surface area contributed by atoms with Crippen LogP contribution in [0, 0.1) is 5.82 Å². The van der Waals surface area contributed by atoms with Crippen molar-refractivity contribution in [1.29, 1.82) is 0 Å². The van der Waals surface area contributed by atoms with Gasteiger partial charge in [0.05, 0.1) is 6.61 Å². The number of ether oxygens (including phenoxy) is 1. The lowest BCUT2D eigenvalue weighted by Gasteiger charge is -2.34. The molecule has 2 rings (SSSR count). The minimum atomic E-state index is -0.403. The van der Waals surface area contributed by atoms with E-state index in [1.165, 1.54) is 18.2 Å². The first-order valence-corrected chi connectivity index (χ1v) is 8.09. The quantitative estimate of drug-likeness (QED) is 0.630. The van der Waals surface area contributed by atoms with Crippen molar-refractivity contribution in [2.24, 2.45) is 0 Å². The molecular formula is C16H22FN3O2S. The molecule has 1 saturated heterocycles. The minimum Gasteiger partial charge on any atom is -0.383 e. The third-order valence-electron chi connectivity index (χ3n) is 3.79. The van der Waals surface area contributed by atoms with Gasteiger partial charge in [0.25, 0.3) is 5.91 Å². The number of halogens is 1. The van der Waals surface area contributed by atoms with E-state index in [1.54, 1.807) is 13.2 Å². The van der Waals surface area contributed by atoms with Crippen molar-refractivity contribution in [2.45, 2.75) is 18.9 Å². The van der Waals surface area contributed by atoms with Crippen LogP contribution >= 0.6 is 12.2 Å². The van der Waals surface area contributed by atoms with Crippen LogP contribution in [-0.4, -0.2) is 55.3 Å². The fraction of sp³-hybridized carbons (Fsp3) is 0.500. The topological polar surface area (TPSA) is 53.6 Å². The number of methoxy groups -OCH3 is 1. The Morgan fingerprint density at radius 3 is 2.83 bits per heavy atom. The number of benzene rings is 1. The van der Waals surface area contributed by atoms with Crippen LogP contribution in [0.1, 0.15) is 23.2 Å². The van der Waals surface area contributed by atoms with Crippen LogP contribution in [0.25, 0.3) is 0 Å². The second-order valence-corrected chi connectivity index (χ2v) is 5.86. The van der Waals surface area contributed by atoms with Crippen molar-refractivity contribution < 1.29 is 13.9 Å². The van der Waals surface area contributed by atoms with Gasteiger partial charge in [0, 0.05) is 38.3 Å². The number of carbonyl (C=O) groups is 1. The molecular weight excluding hydrogens is 317 g/mol. The molecule has 1 aliphatic rings. The van der Waals surface area contributed by atoms with Gasteiger partial charge in [0.15, 0.2) is 5.11 Å². The monoisotopic (exact) mass is 339 g/mol. The zero-order valence-corrected chi connectivity index (χ0v) is 14.0. The van der Waals surface area contributed by atoms with Crippen molar-refractivity contribution in [1.82, 2.24) is 15.5 Å². The number of nitrogens with zero attached hydrogens (tertiary/aromatic N) is 1. The average Bonchev–Trinajstić information content (AvgIpc) is 2.55. The first-order chi connectivity index (χ1) is 11.1. The Morgan fingerprint density at radius 2 is 2.17 bits per heavy atom. The smallest absolute Gasteiger partial charge is 0.251 e. The second kappa shape index (κ2) is 8.79. The molecule has 126 valence electrons. The number of hydrogen-bond acceptors (Lipinski definition) is 3. The van der Waals surface area contributed by atoms with Gasteiger partial charge in [-0.15, -0.1) is 0 Å². The van der Waals surface area contributed by atoms with Crippen LogP contribution in [-0.2, 0) is 4.74 Å². The van der Waals surface area contributed by atoms with Gasteiger partial charge in [0.1, 0.15) is 5.82 Å². The maximum atomic E-state index is 13.2. The molecule has 1 amide bonds. The molecule has 1 aromatic carbocycles. The number of carbonyl (C=O) groups excluding carboxylic acids is 1. The summed E-state index contributed by atoms with van der Waals surface area (Å²) in [6, 6.07) is 5.81. The first-order valence-electron chi connectivity index (χ1n) is 7.68. The predicted molar refractivity (Wildman–Crippen MR) is 90.9 cm³/mol. The third kappa shape index (κ3) is 5.44. The number of likely N-dealkylation sites (tertiary alicyclic amines) is 1. The fourth-order valence-corrected chi connectivity index (χ4v) is 2.78. The van der Waals surface area contributed by atoms with E-state index in [4.69, 9.17) is 17.0 Å². The van der Waals surface area contributed by atoms with Crippen molar-refractivity contribution in [3.05, 3.63) is 35.6 Å². The molecule has 5 nitrogen and oxygen atoms in total. The number of thiocarbonyl (C=S) groups is 1. The lowest BCUT2D eigenvalue weighted by Crippen LogP contribution is -2.49. The van der Waals surface area contributed by atoms with E-state index < -0.39 is 5.82 Å². The van der Waals surface area contributed by atoms with E-state index in [2.05, 4.69) is 15.5 Å². The molecule has 0 spiro atoms. The molecule has 7 heteroatoms. The predicted octanol–water partition coefficient (Wildman–Crippen LogP) is 1.54. The van der Waals surface area contributed by atoms with Crippen molar-refractivity contribution >= 4 is 23.2 Å². The molecule has 23 heavy (non-hydrogen) atoms. The van der Waals surface area contributed by atoms with Gasteiger partial charge in [0.2, 0.25) is 0 Å². The first kappa shape index (κ1) is 17.6. The Hall–Kier alpha value is -1.73. The summed E-state index contributed by atoms with van der Waals surface area (Å²) in [5.74, 6) is -0.635.